The summed E-state index contributed by atoms with van der Waals surface area (Å²) in [5, 5.41) is 11.1. The summed E-state index contributed by atoms with van der Waals surface area (Å²) < 4.78 is 5.17. The number of nitro benzene ring substituents is 1. The van der Waals surface area contributed by atoms with Gasteiger partial charge in [0.1, 0.15) is 0 Å². The van der Waals surface area contributed by atoms with Crippen molar-refractivity contribution < 1.29 is 14.5 Å². The lowest BCUT2D eigenvalue weighted by Gasteiger charge is -2.05. The minimum Gasteiger partial charge on any atom is -0.478 e. The molecule has 98 valence electrons. The van der Waals surface area contributed by atoms with Crippen LogP contribution in [0.15, 0.2) is 36.5 Å². The van der Waals surface area contributed by atoms with Crippen molar-refractivity contribution in [2.45, 2.75) is 0 Å². The highest BCUT2D eigenvalue weighted by Crippen LogP contribution is 2.29. The number of nitro groups is 1. The second-order valence-corrected chi connectivity index (χ2v) is 4.10. The highest BCUT2D eigenvalue weighted by atomic mass is 35.5. The van der Waals surface area contributed by atoms with Crippen molar-refractivity contribution in [3.63, 3.8) is 0 Å². The molecule has 1 N–H and O–H groups in total. The number of ketones is 1. The number of nitrogens with zero attached hydrogens (tertiary/aromatic N) is 1. The first kappa shape index (κ1) is 13.1. The number of aromatic amines is 1. The van der Waals surface area contributed by atoms with E-state index in [-0.39, 0.29) is 28.8 Å². The van der Waals surface area contributed by atoms with Crippen LogP contribution in [0.4, 0.5) is 5.69 Å². The van der Waals surface area contributed by atoms with Crippen molar-refractivity contribution in [1.29, 1.82) is 0 Å². The average Bonchev–Trinajstić information content (AvgIpc) is 2.90. The van der Waals surface area contributed by atoms with Crippen LogP contribution >= 0.6 is 11.6 Å². The number of Topliss-reactive ketones (excluding diaryl/α,β-unsaturated/α-hetero) is 1. The SMILES string of the molecule is O=C(COc1ccc(Cl)cc1[N+](=O)[O-])c1ccc[nH]1. The van der Waals surface area contributed by atoms with Gasteiger partial charge in [0.15, 0.2) is 12.4 Å². The summed E-state index contributed by atoms with van der Waals surface area (Å²) in [4.78, 5) is 24.6. The van der Waals surface area contributed by atoms with Crippen molar-refractivity contribution in [2.75, 3.05) is 6.61 Å². The van der Waals surface area contributed by atoms with E-state index in [0.717, 1.165) is 0 Å². The van der Waals surface area contributed by atoms with Gasteiger partial charge in [-0.05, 0) is 24.3 Å². The number of halogens is 1. The Balaban J connectivity index is 2.11. The first-order valence-corrected chi connectivity index (χ1v) is 5.69. The van der Waals surface area contributed by atoms with Crippen LogP contribution in [-0.2, 0) is 0 Å². The fourth-order valence-electron chi connectivity index (χ4n) is 1.48. The molecule has 7 heteroatoms. The van der Waals surface area contributed by atoms with Gasteiger partial charge in [-0.3, -0.25) is 14.9 Å². The molecule has 19 heavy (non-hydrogen) atoms. The molecule has 6 nitrogen and oxygen atoms in total. The van der Waals surface area contributed by atoms with Gasteiger partial charge in [0.05, 0.1) is 10.6 Å². The van der Waals surface area contributed by atoms with E-state index < -0.39 is 4.92 Å². The minimum atomic E-state index is -0.611. The number of carbonyl (C=O) groups is 1. The van der Waals surface area contributed by atoms with Gasteiger partial charge in [0.2, 0.25) is 5.78 Å². The molecule has 1 aromatic carbocycles. The number of benzene rings is 1. The van der Waals surface area contributed by atoms with E-state index in [9.17, 15) is 14.9 Å². The molecule has 1 aromatic heterocycles. The van der Waals surface area contributed by atoms with E-state index in [1.54, 1.807) is 18.3 Å². The molecule has 0 aliphatic rings. The minimum absolute atomic E-state index is 0.00862. The van der Waals surface area contributed by atoms with Gasteiger partial charge in [-0.25, -0.2) is 0 Å². The van der Waals surface area contributed by atoms with Crippen LogP contribution in [-0.4, -0.2) is 22.3 Å². The van der Waals surface area contributed by atoms with Gasteiger partial charge >= 0.3 is 5.69 Å². The molecule has 0 fully saturated rings. The molecule has 0 saturated heterocycles. The van der Waals surface area contributed by atoms with Gasteiger partial charge < -0.3 is 9.72 Å². The van der Waals surface area contributed by atoms with E-state index >= 15 is 0 Å². The third kappa shape index (κ3) is 3.11. The molecule has 0 aliphatic heterocycles. The number of ether oxygens (including phenoxy) is 1. The van der Waals surface area contributed by atoms with Gasteiger partial charge in [0, 0.05) is 17.3 Å². The fraction of sp³-hybridized carbons (Fsp3) is 0.0833. The van der Waals surface area contributed by atoms with Crippen LogP contribution in [0.1, 0.15) is 10.5 Å². The lowest BCUT2D eigenvalue weighted by Crippen LogP contribution is -2.12. The van der Waals surface area contributed by atoms with E-state index in [4.69, 9.17) is 16.3 Å². The standard InChI is InChI=1S/C12H9ClN2O4/c13-8-3-4-12(10(6-8)15(17)18)19-7-11(16)9-2-1-5-14-9/h1-6,14H,7H2. The molecule has 0 unspecified atom stereocenters. The van der Waals surface area contributed by atoms with Crippen LogP contribution in [0.5, 0.6) is 5.75 Å². The highest BCUT2D eigenvalue weighted by Gasteiger charge is 2.17. The zero-order valence-corrected chi connectivity index (χ0v) is 10.4. The predicted molar refractivity (Wildman–Crippen MR) is 68.7 cm³/mol. The van der Waals surface area contributed by atoms with E-state index in [1.165, 1.54) is 18.2 Å². The Bertz CT molecular complexity index is 610. The van der Waals surface area contributed by atoms with E-state index in [0.29, 0.717) is 5.69 Å². The summed E-state index contributed by atoms with van der Waals surface area (Å²) >= 11 is 5.67. The molecule has 2 aromatic rings. The van der Waals surface area contributed by atoms with Gasteiger partial charge in [-0.15, -0.1) is 0 Å². The summed E-state index contributed by atoms with van der Waals surface area (Å²) in [7, 11) is 0. The zero-order valence-electron chi connectivity index (χ0n) is 9.63. The third-order valence-electron chi connectivity index (χ3n) is 2.37. The lowest BCUT2D eigenvalue weighted by molar-refractivity contribution is -0.385. The lowest BCUT2D eigenvalue weighted by atomic mass is 10.3. The largest absolute Gasteiger partial charge is 0.478 e. The number of aromatic nitrogens is 1. The molecule has 0 radical (unpaired) electrons. The van der Waals surface area contributed by atoms with Gasteiger partial charge in [-0.2, -0.15) is 0 Å². The Morgan fingerprint density at radius 1 is 1.42 bits per heavy atom. The Labute approximate surface area is 113 Å². The van der Waals surface area contributed by atoms with Crippen LogP contribution in [0, 0.1) is 10.1 Å². The summed E-state index contributed by atoms with van der Waals surface area (Å²) in [6, 6.07) is 7.28. The summed E-state index contributed by atoms with van der Waals surface area (Å²) in [6.45, 7) is -0.289. The van der Waals surface area contributed by atoms with Crippen molar-refractivity contribution >= 4 is 23.1 Å². The monoisotopic (exact) mass is 280 g/mol. The van der Waals surface area contributed by atoms with Crippen molar-refractivity contribution in [2.24, 2.45) is 0 Å². The van der Waals surface area contributed by atoms with Gasteiger partial charge in [0.25, 0.3) is 0 Å². The van der Waals surface area contributed by atoms with Crippen molar-refractivity contribution in [3.05, 3.63) is 57.4 Å². The maximum absolute atomic E-state index is 11.7. The zero-order chi connectivity index (χ0) is 13.8. The van der Waals surface area contributed by atoms with Gasteiger partial charge in [-0.1, -0.05) is 11.6 Å². The summed E-state index contributed by atoms with van der Waals surface area (Å²) in [5.74, 6) is -0.288. The second-order valence-electron chi connectivity index (χ2n) is 3.66. The smallest absolute Gasteiger partial charge is 0.312 e. The van der Waals surface area contributed by atoms with E-state index in [1.807, 2.05) is 0 Å². The van der Waals surface area contributed by atoms with Crippen LogP contribution in [0.2, 0.25) is 5.02 Å². The number of nitrogens with one attached hydrogen (secondary N) is 1. The van der Waals surface area contributed by atoms with Crippen molar-refractivity contribution in [1.82, 2.24) is 4.98 Å². The maximum atomic E-state index is 11.7. The second kappa shape index (κ2) is 5.53. The Kier molecular flexibility index (Phi) is 3.82. The Morgan fingerprint density at radius 3 is 2.84 bits per heavy atom. The van der Waals surface area contributed by atoms with E-state index in [2.05, 4.69) is 4.98 Å². The molecular weight excluding hydrogens is 272 g/mol. The molecule has 1 heterocycles. The Hall–Kier alpha value is -2.34. The summed E-state index contributed by atoms with van der Waals surface area (Å²) in [5.41, 5.74) is 0.114. The summed E-state index contributed by atoms with van der Waals surface area (Å²) in [6.07, 6.45) is 1.61. The molecule has 0 aliphatic carbocycles. The quantitative estimate of drug-likeness (QED) is 0.518. The highest BCUT2D eigenvalue weighted by molar-refractivity contribution is 6.30. The number of H-pyrrole nitrogens is 1. The predicted octanol–water partition coefficient (Wildman–Crippen LogP) is 2.84. The molecule has 0 saturated carbocycles. The molecule has 0 spiro atoms. The first-order valence-electron chi connectivity index (χ1n) is 5.31. The molecular formula is C12H9ClN2O4. The van der Waals surface area contributed by atoms with Crippen LogP contribution < -0.4 is 4.74 Å². The van der Waals surface area contributed by atoms with Crippen molar-refractivity contribution in [3.8, 4) is 5.75 Å². The topological polar surface area (TPSA) is 85.2 Å². The van der Waals surface area contributed by atoms with Crippen LogP contribution in [0.3, 0.4) is 0 Å². The number of hydrogen-bond acceptors (Lipinski definition) is 4. The third-order valence-corrected chi connectivity index (χ3v) is 2.61. The fourth-order valence-corrected chi connectivity index (χ4v) is 1.65. The molecule has 2 rings (SSSR count). The maximum Gasteiger partial charge on any atom is 0.312 e. The molecule has 0 bridgehead atoms. The number of rotatable bonds is 5. The number of hydrogen-bond donors (Lipinski definition) is 1. The normalized spacial score (nSPS) is 10.2. The number of carbonyl (C=O) groups excluding carboxylic acids is 1. The average molecular weight is 281 g/mol. The molecule has 0 atom stereocenters. The molecule has 0 amide bonds. The Morgan fingerprint density at radius 2 is 2.21 bits per heavy atom. The van der Waals surface area contributed by atoms with Crippen LogP contribution in [0.25, 0.3) is 0 Å². The first-order chi connectivity index (χ1) is 9.08.